The van der Waals surface area contributed by atoms with Crippen LogP contribution in [0.5, 0.6) is 5.75 Å². The second-order valence-corrected chi connectivity index (χ2v) is 8.55. The Bertz CT molecular complexity index is 1060. The number of hydrogen-bond donors (Lipinski definition) is 2. The van der Waals surface area contributed by atoms with E-state index < -0.39 is 0 Å². The average molecular weight is 473 g/mol. The molecule has 0 atom stereocenters. The molecule has 2 aromatic carbocycles. The molecule has 7 nitrogen and oxygen atoms in total. The number of benzene rings is 2. The predicted molar refractivity (Wildman–Crippen MR) is 129 cm³/mol. The minimum absolute atomic E-state index is 0.0892. The van der Waals surface area contributed by atoms with Crippen molar-refractivity contribution in [1.29, 1.82) is 0 Å². The molecule has 0 aliphatic heterocycles. The topological polar surface area (TPSA) is 83.6 Å². The van der Waals surface area contributed by atoms with Crippen LogP contribution in [0.2, 0.25) is 5.02 Å². The van der Waals surface area contributed by atoms with Crippen LogP contribution in [0.4, 0.5) is 10.8 Å². The Morgan fingerprint density at radius 3 is 2.41 bits per heavy atom. The Morgan fingerprint density at radius 2 is 1.75 bits per heavy atom. The first-order valence-electron chi connectivity index (χ1n) is 10.1. The van der Waals surface area contributed by atoms with Gasteiger partial charge in [-0.15, -0.1) is 11.3 Å². The highest BCUT2D eigenvalue weighted by Gasteiger charge is 2.15. The van der Waals surface area contributed by atoms with E-state index >= 15 is 0 Å². The van der Waals surface area contributed by atoms with Gasteiger partial charge in [0, 0.05) is 28.2 Å². The van der Waals surface area contributed by atoms with E-state index in [2.05, 4.69) is 15.6 Å². The number of nitrogens with one attached hydrogen (secondary N) is 2. The molecule has 3 aromatic rings. The highest BCUT2D eigenvalue weighted by Crippen LogP contribution is 2.24. The minimum Gasteiger partial charge on any atom is -0.497 e. The van der Waals surface area contributed by atoms with Gasteiger partial charge < -0.3 is 15.4 Å². The molecule has 0 radical (unpaired) electrons. The zero-order chi connectivity index (χ0) is 22.9. The highest BCUT2D eigenvalue weighted by atomic mass is 35.5. The van der Waals surface area contributed by atoms with Crippen molar-refractivity contribution >= 4 is 45.6 Å². The third-order valence-corrected chi connectivity index (χ3v) is 5.96. The van der Waals surface area contributed by atoms with Crippen LogP contribution in [0.3, 0.4) is 0 Å². The summed E-state index contributed by atoms with van der Waals surface area (Å²) in [5.74, 6) is 0.302. The number of carbonyl (C=O) groups excluding carboxylic acids is 2. The first kappa shape index (κ1) is 23.7. The smallest absolute Gasteiger partial charge is 0.240 e. The normalized spacial score (nSPS) is 10.8. The van der Waals surface area contributed by atoms with Crippen LogP contribution in [-0.4, -0.2) is 48.4 Å². The fourth-order valence-electron chi connectivity index (χ4n) is 3.00. The molecule has 2 N–H and O–H groups in total. The molecule has 0 saturated heterocycles. The fourth-order valence-corrected chi connectivity index (χ4v) is 4.05. The van der Waals surface area contributed by atoms with E-state index in [0.29, 0.717) is 34.6 Å². The molecule has 2 amide bonds. The summed E-state index contributed by atoms with van der Waals surface area (Å²) in [6.07, 6.45) is 2.39. The molecule has 0 unspecified atom stereocenters. The van der Waals surface area contributed by atoms with Gasteiger partial charge in [0.15, 0.2) is 5.13 Å². The van der Waals surface area contributed by atoms with Crippen LogP contribution < -0.4 is 15.4 Å². The number of aromatic nitrogens is 1. The summed E-state index contributed by atoms with van der Waals surface area (Å²) in [5, 5.41) is 6.86. The maximum atomic E-state index is 12.5. The summed E-state index contributed by atoms with van der Waals surface area (Å²) >= 11 is 7.62. The van der Waals surface area contributed by atoms with Crippen LogP contribution in [-0.2, 0) is 16.0 Å². The fraction of sp³-hybridized carbons (Fsp3) is 0.261. The minimum atomic E-state index is -0.220. The van der Waals surface area contributed by atoms with Gasteiger partial charge in [-0.1, -0.05) is 36.7 Å². The summed E-state index contributed by atoms with van der Waals surface area (Å²) in [6, 6.07) is 14.7. The van der Waals surface area contributed by atoms with Gasteiger partial charge in [0.1, 0.15) is 5.75 Å². The van der Waals surface area contributed by atoms with Gasteiger partial charge in [-0.2, -0.15) is 0 Å². The number of nitrogens with zero attached hydrogens (tertiary/aromatic N) is 2. The molecule has 3 rings (SSSR count). The van der Waals surface area contributed by atoms with Crippen LogP contribution in [0.15, 0.2) is 54.7 Å². The number of likely N-dealkylation sites (N-methyl/N-ethyl adjacent to an activating group) is 1. The Hall–Kier alpha value is -2.94. The molecule has 9 heteroatoms. The maximum Gasteiger partial charge on any atom is 0.240 e. The molecule has 0 fully saturated rings. The Morgan fingerprint density at radius 1 is 1.06 bits per heavy atom. The SMILES string of the molecule is CCN(CC(=O)Nc1ccc(OC)cc1)CC(=O)Nc1ncc(Cc2ccccc2Cl)s1. The second kappa shape index (κ2) is 11.6. The molecule has 168 valence electrons. The number of ether oxygens (including phenoxy) is 1. The third-order valence-electron chi connectivity index (χ3n) is 4.68. The Labute approximate surface area is 196 Å². The summed E-state index contributed by atoms with van der Waals surface area (Å²) in [6.45, 7) is 2.65. The van der Waals surface area contributed by atoms with E-state index in [1.165, 1.54) is 11.3 Å². The summed E-state index contributed by atoms with van der Waals surface area (Å²) in [7, 11) is 1.59. The lowest BCUT2D eigenvalue weighted by molar-refractivity contribution is -0.119. The quantitative estimate of drug-likeness (QED) is 0.459. The number of thiazole rings is 1. The average Bonchev–Trinajstić information content (AvgIpc) is 3.22. The van der Waals surface area contributed by atoms with Gasteiger partial charge in [0.05, 0.1) is 20.2 Å². The van der Waals surface area contributed by atoms with Crippen LogP contribution in [0.25, 0.3) is 0 Å². The first-order valence-corrected chi connectivity index (χ1v) is 11.3. The summed E-state index contributed by atoms with van der Waals surface area (Å²) < 4.78 is 5.11. The third kappa shape index (κ3) is 7.05. The molecule has 0 bridgehead atoms. The second-order valence-electron chi connectivity index (χ2n) is 7.03. The number of hydrogen-bond acceptors (Lipinski definition) is 6. The van der Waals surface area contributed by atoms with Gasteiger partial charge in [-0.05, 0) is 42.4 Å². The van der Waals surface area contributed by atoms with Crippen molar-refractivity contribution in [1.82, 2.24) is 9.88 Å². The molecule has 1 heterocycles. The van der Waals surface area contributed by atoms with E-state index in [9.17, 15) is 9.59 Å². The van der Waals surface area contributed by atoms with Crippen LogP contribution in [0.1, 0.15) is 17.4 Å². The first-order chi connectivity index (χ1) is 15.5. The lowest BCUT2D eigenvalue weighted by atomic mass is 10.1. The molecule has 0 aliphatic rings. The zero-order valence-corrected chi connectivity index (χ0v) is 19.5. The lowest BCUT2D eigenvalue weighted by Crippen LogP contribution is -2.38. The van der Waals surface area contributed by atoms with Crippen molar-refractivity contribution in [2.45, 2.75) is 13.3 Å². The Balaban J connectivity index is 1.49. The molecular weight excluding hydrogens is 448 g/mol. The van der Waals surface area contributed by atoms with Gasteiger partial charge in [-0.25, -0.2) is 4.98 Å². The number of amides is 2. The molecule has 0 aliphatic carbocycles. The van der Waals surface area contributed by atoms with Crippen molar-refractivity contribution in [3.8, 4) is 5.75 Å². The van der Waals surface area contributed by atoms with E-state index in [0.717, 1.165) is 10.4 Å². The summed E-state index contributed by atoms with van der Waals surface area (Å²) in [4.78, 5) is 31.8. The van der Waals surface area contributed by atoms with E-state index in [4.69, 9.17) is 16.3 Å². The number of rotatable bonds is 10. The van der Waals surface area contributed by atoms with Crippen molar-refractivity contribution in [3.63, 3.8) is 0 Å². The van der Waals surface area contributed by atoms with Crippen molar-refractivity contribution in [2.24, 2.45) is 0 Å². The van der Waals surface area contributed by atoms with Crippen molar-refractivity contribution in [2.75, 3.05) is 37.4 Å². The van der Waals surface area contributed by atoms with Crippen molar-refractivity contribution in [3.05, 3.63) is 70.2 Å². The van der Waals surface area contributed by atoms with Gasteiger partial charge in [-0.3, -0.25) is 14.5 Å². The highest BCUT2D eigenvalue weighted by molar-refractivity contribution is 7.15. The van der Waals surface area contributed by atoms with Crippen molar-refractivity contribution < 1.29 is 14.3 Å². The summed E-state index contributed by atoms with van der Waals surface area (Å²) in [5.41, 5.74) is 1.68. The number of carbonyl (C=O) groups is 2. The zero-order valence-electron chi connectivity index (χ0n) is 17.9. The maximum absolute atomic E-state index is 12.5. The largest absolute Gasteiger partial charge is 0.497 e. The molecule has 0 saturated carbocycles. The van der Waals surface area contributed by atoms with Crippen LogP contribution in [0, 0.1) is 0 Å². The Kier molecular flexibility index (Phi) is 8.61. The van der Waals surface area contributed by atoms with Gasteiger partial charge >= 0.3 is 0 Å². The van der Waals surface area contributed by atoms with E-state index in [-0.39, 0.29) is 24.9 Å². The molecule has 32 heavy (non-hydrogen) atoms. The van der Waals surface area contributed by atoms with E-state index in [1.54, 1.807) is 42.5 Å². The number of methoxy groups -OCH3 is 1. The van der Waals surface area contributed by atoms with E-state index in [1.807, 2.05) is 31.2 Å². The standard InChI is InChI=1S/C23H25ClN4O3S/c1-3-28(14-21(29)26-17-8-10-18(31-2)11-9-17)15-22(30)27-23-25-13-19(32-23)12-16-6-4-5-7-20(16)24/h4-11,13H,3,12,14-15H2,1-2H3,(H,26,29)(H,25,27,30). The molecule has 1 aromatic heterocycles. The number of halogens is 1. The monoisotopic (exact) mass is 472 g/mol. The van der Waals surface area contributed by atoms with Gasteiger partial charge in [0.25, 0.3) is 0 Å². The lowest BCUT2D eigenvalue weighted by Gasteiger charge is -2.19. The van der Waals surface area contributed by atoms with Gasteiger partial charge in [0.2, 0.25) is 11.8 Å². The number of anilines is 2. The molecule has 0 spiro atoms. The predicted octanol–water partition coefficient (Wildman–Crippen LogP) is 4.30. The molecular formula is C23H25ClN4O3S. The van der Waals surface area contributed by atoms with Crippen LogP contribution >= 0.6 is 22.9 Å².